The van der Waals surface area contributed by atoms with E-state index in [1.54, 1.807) is 20.8 Å². The summed E-state index contributed by atoms with van der Waals surface area (Å²) in [6, 6.07) is 19.8. The zero-order valence-electron chi connectivity index (χ0n) is 21.3. The normalized spacial score (nSPS) is 13.2. The molecule has 0 aliphatic rings. The Morgan fingerprint density at radius 3 is 1.79 bits per heavy atom. The smallest absolute Gasteiger partial charge is 0.408 e. The highest BCUT2D eigenvalue weighted by molar-refractivity contribution is 6.99. The van der Waals surface area contributed by atoms with Gasteiger partial charge in [0.2, 0.25) is 0 Å². The lowest BCUT2D eigenvalue weighted by Gasteiger charge is -2.43. The molecule has 0 radical (unpaired) electrons. The van der Waals surface area contributed by atoms with Crippen molar-refractivity contribution in [2.45, 2.75) is 77.5 Å². The molecular formula is C27H39NO5Si. The topological polar surface area (TPSA) is 84.9 Å². The van der Waals surface area contributed by atoms with Crippen molar-refractivity contribution < 1.29 is 23.9 Å². The number of carbonyl (C=O) groups excluding carboxylic acids is 1. The Morgan fingerprint density at radius 2 is 1.38 bits per heavy atom. The largest absolute Gasteiger partial charge is 0.480 e. The summed E-state index contributed by atoms with van der Waals surface area (Å²) in [6.07, 6.45) is 0.872. The average molecular weight is 486 g/mol. The zero-order valence-corrected chi connectivity index (χ0v) is 22.3. The number of carboxylic acid groups (broad SMARTS) is 1. The summed E-state index contributed by atoms with van der Waals surface area (Å²) in [5.41, 5.74) is -0.684. The summed E-state index contributed by atoms with van der Waals surface area (Å²) in [5.74, 6) is -1.07. The third kappa shape index (κ3) is 7.43. The maximum atomic E-state index is 12.0. The first-order chi connectivity index (χ1) is 15.9. The predicted molar refractivity (Wildman–Crippen MR) is 138 cm³/mol. The summed E-state index contributed by atoms with van der Waals surface area (Å²) >= 11 is 0. The molecule has 0 fully saturated rings. The van der Waals surface area contributed by atoms with Crippen LogP contribution in [0.4, 0.5) is 4.79 Å². The number of aliphatic carboxylic acids is 1. The van der Waals surface area contributed by atoms with Gasteiger partial charge >= 0.3 is 12.1 Å². The van der Waals surface area contributed by atoms with Crippen molar-refractivity contribution in [1.82, 2.24) is 5.32 Å². The molecule has 0 spiro atoms. The summed E-state index contributed by atoms with van der Waals surface area (Å²) < 4.78 is 12.0. The van der Waals surface area contributed by atoms with Gasteiger partial charge in [-0.05, 0) is 55.4 Å². The summed E-state index contributed by atoms with van der Waals surface area (Å²) in [4.78, 5) is 23.6. The zero-order chi connectivity index (χ0) is 25.4. The number of nitrogens with one attached hydrogen (secondary N) is 1. The SMILES string of the molecule is CC(C)(C)OC(=O)NC(CCCCO[Si](c1ccccc1)(c1ccccc1)C(C)(C)C)C(=O)O. The van der Waals surface area contributed by atoms with E-state index in [2.05, 4.69) is 74.6 Å². The van der Waals surface area contributed by atoms with E-state index < -0.39 is 32.0 Å². The first-order valence-corrected chi connectivity index (χ1v) is 13.7. The molecule has 2 aromatic rings. The van der Waals surface area contributed by atoms with Crippen molar-refractivity contribution in [2.75, 3.05) is 6.61 Å². The number of rotatable bonds is 10. The fourth-order valence-electron chi connectivity index (χ4n) is 4.14. The van der Waals surface area contributed by atoms with Crippen LogP contribution in [0.15, 0.2) is 60.7 Å². The second-order valence-electron chi connectivity index (χ2n) is 10.5. The van der Waals surface area contributed by atoms with Gasteiger partial charge in [-0.25, -0.2) is 9.59 Å². The highest BCUT2D eigenvalue weighted by atomic mass is 28.4. The number of hydrogen-bond donors (Lipinski definition) is 2. The summed E-state index contributed by atoms with van der Waals surface area (Å²) in [7, 11) is -2.61. The van der Waals surface area contributed by atoms with Gasteiger partial charge in [0.05, 0.1) is 0 Å². The first kappa shape index (κ1) is 27.6. The van der Waals surface area contributed by atoms with Gasteiger partial charge in [-0.3, -0.25) is 0 Å². The molecule has 0 saturated heterocycles. The van der Waals surface area contributed by atoms with Crippen LogP contribution < -0.4 is 15.7 Å². The Morgan fingerprint density at radius 1 is 0.882 bits per heavy atom. The highest BCUT2D eigenvalue weighted by Gasteiger charge is 2.49. The monoisotopic (exact) mass is 485 g/mol. The van der Waals surface area contributed by atoms with Gasteiger partial charge in [-0.2, -0.15) is 0 Å². The van der Waals surface area contributed by atoms with E-state index in [9.17, 15) is 14.7 Å². The molecule has 34 heavy (non-hydrogen) atoms. The third-order valence-electron chi connectivity index (χ3n) is 5.61. The first-order valence-electron chi connectivity index (χ1n) is 11.8. The van der Waals surface area contributed by atoms with Crippen LogP contribution in [-0.2, 0) is 14.0 Å². The van der Waals surface area contributed by atoms with Crippen LogP contribution in [0.25, 0.3) is 0 Å². The van der Waals surface area contributed by atoms with E-state index in [1.807, 2.05) is 12.1 Å². The minimum Gasteiger partial charge on any atom is -0.480 e. The second-order valence-corrected chi connectivity index (χ2v) is 14.9. The minimum atomic E-state index is -2.61. The van der Waals surface area contributed by atoms with Gasteiger partial charge in [0.1, 0.15) is 11.6 Å². The lowest BCUT2D eigenvalue weighted by atomic mass is 10.1. The van der Waals surface area contributed by atoms with Gasteiger partial charge in [-0.1, -0.05) is 81.4 Å². The Balaban J connectivity index is 2.10. The Labute approximate surface area is 204 Å². The molecular weight excluding hydrogens is 446 g/mol. The van der Waals surface area contributed by atoms with Crippen LogP contribution in [0.5, 0.6) is 0 Å². The molecule has 0 aliphatic carbocycles. The fraction of sp³-hybridized carbons (Fsp3) is 0.481. The number of benzene rings is 2. The van der Waals surface area contributed by atoms with Gasteiger partial charge in [0.15, 0.2) is 0 Å². The number of carbonyl (C=O) groups is 2. The van der Waals surface area contributed by atoms with Crippen LogP contribution >= 0.6 is 0 Å². The molecule has 0 aromatic heterocycles. The van der Waals surface area contributed by atoms with Crippen molar-refractivity contribution in [3.05, 3.63) is 60.7 Å². The second kappa shape index (κ2) is 11.7. The molecule has 2 rings (SSSR count). The molecule has 0 heterocycles. The molecule has 0 aliphatic heterocycles. The standard InChI is InChI=1S/C27H39NO5Si/c1-26(2,3)33-25(31)28-23(24(29)30)19-13-14-20-32-34(27(4,5)6,21-15-9-7-10-16-21)22-17-11-8-12-18-22/h7-12,15-18,23H,13-14,19-20H2,1-6H3,(H,28,31)(H,29,30). The molecule has 7 heteroatoms. The summed E-state index contributed by atoms with van der Waals surface area (Å²) in [6.45, 7) is 12.4. The quantitative estimate of drug-likeness (QED) is 0.376. The van der Waals surface area contributed by atoms with Crippen molar-refractivity contribution in [2.24, 2.45) is 0 Å². The third-order valence-corrected chi connectivity index (χ3v) is 10.7. The van der Waals surface area contributed by atoms with Crippen molar-refractivity contribution >= 4 is 30.8 Å². The number of alkyl carbamates (subject to hydrolysis) is 1. The average Bonchev–Trinajstić information content (AvgIpc) is 2.74. The van der Waals surface area contributed by atoms with Gasteiger partial charge in [0.25, 0.3) is 8.32 Å². The minimum absolute atomic E-state index is 0.114. The van der Waals surface area contributed by atoms with Gasteiger partial charge in [0, 0.05) is 6.61 Å². The highest BCUT2D eigenvalue weighted by Crippen LogP contribution is 2.36. The molecule has 1 unspecified atom stereocenters. The van der Waals surface area contributed by atoms with Crippen molar-refractivity contribution in [3.8, 4) is 0 Å². The van der Waals surface area contributed by atoms with Crippen molar-refractivity contribution in [3.63, 3.8) is 0 Å². The molecule has 1 atom stereocenters. The van der Waals surface area contributed by atoms with Crippen LogP contribution in [0, 0.1) is 0 Å². The molecule has 0 saturated carbocycles. The molecule has 186 valence electrons. The maximum absolute atomic E-state index is 12.0. The molecule has 6 nitrogen and oxygen atoms in total. The van der Waals surface area contributed by atoms with Crippen LogP contribution in [0.3, 0.4) is 0 Å². The Hall–Kier alpha value is -2.64. The maximum Gasteiger partial charge on any atom is 0.408 e. The van der Waals surface area contributed by atoms with Gasteiger partial charge in [-0.15, -0.1) is 0 Å². The molecule has 0 bridgehead atoms. The lowest BCUT2D eigenvalue weighted by molar-refractivity contribution is -0.139. The number of amides is 1. The fourth-order valence-corrected chi connectivity index (χ4v) is 8.75. The van der Waals surface area contributed by atoms with E-state index >= 15 is 0 Å². The molecule has 2 aromatic carbocycles. The van der Waals surface area contributed by atoms with Crippen LogP contribution in [0.2, 0.25) is 5.04 Å². The number of carboxylic acids is 1. The number of ether oxygens (including phenoxy) is 1. The summed E-state index contributed by atoms with van der Waals surface area (Å²) in [5, 5.41) is 14.3. The number of hydrogen-bond acceptors (Lipinski definition) is 4. The van der Waals surface area contributed by atoms with Gasteiger partial charge < -0.3 is 19.6 Å². The van der Waals surface area contributed by atoms with Crippen LogP contribution in [-0.4, -0.2) is 43.7 Å². The van der Waals surface area contributed by atoms with E-state index in [0.717, 1.165) is 0 Å². The lowest BCUT2D eigenvalue weighted by Crippen LogP contribution is -2.66. The predicted octanol–water partition coefficient (Wildman–Crippen LogP) is 4.71. The van der Waals surface area contributed by atoms with Crippen LogP contribution in [0.1, 0.15) is 60.8 Å². The molecule has 2 N–H and O–H groups in total. The van der Waals surface area contributed by atoms with E-state index in [-0.39, 0.29) is 5.04 Å². The van der Waals surface area contributed by atoms with Crippen molar-refractivity contribution in [1.29, 1.82) is 0 Å². The van der Waals surface area contributed by atoms with E-state index in [1.165, 1.54) is 10.4 Å². The van der Waals surface area contributed by atoms with E-state index in [0.29, 0.717) is 25.9 Å². The Bertz CT molecular complexity index is 880. The Kier molecular flexibility index (Phi) is 9.47. The number of unbranched alkanes of at least 4 members (excludes halogenated alkanes) is 1. The molecule has 1 amide bonds. The van der Waals surface area contributed by atoms with E-state index in [4.69, 9.17) is 9.16 Å².